The van der Waals surface area contributed by atoms with Crippen molar-refractivity contribution in [3.05, 3.63) is 14.9 Å². The Labute approximate surface area is 137 Å². The molecular formula is C14H19NO5S2. The van der Waals surface area contributed by atoms with Gasteiger partial charge in [0.05, 0.1) is 4.88 Å². The molecule has 0 aliphatic heterocycles. The molecule has 0 aromatic carbocycles. The van der Waals surface area contributed by atoms with Crippen LogP contribution in [0, 0.1) is 3.95 Å². The van der Waals surface area contributed by atoms with Crippen molar-refractivity contribution >= 4 is 41.6 Å². The first-order valence-corrected chi connectivity index (χ1v) is 8.17. The van der Waals surface area contributed by atoms with Gasteiger partial charge in [-0.25, -0.2) is 0 Å². The van der Waals surface area contributed by atoms with Crippen molar-refractivity contribution in [2.45, 2.75) is 45.1 Å². The van der Waals surface area contributed by atoms with Crippen LogP contribution < -0.4 is 0 Å². The largest absolute Gasteiger partial charge is 0.493 e. The van der Waals surface area contributed by atoms with Gasteiger partial charge in [0.1, 0.15) is 0 Å². The Bertz CT molecular complexity index is 603. The van der Waals surface area contributed by atoms with Gasteiger partial charge in [0.15, 0.2) is 3.95 Å². The Kier molecular flexibility index (Phi) is 7.83. The van der Waals surface area contributed by atoms with Crippen LogP contribution >= 0.6 is 23.6 Å². The van der Waals surface area contributed by atoms with Gasteiger partial charge in [-0.05, 0) is 44.0 Å². The van der Waals surface area contributed by atoms with Crippen molar-refractivity contribution in [2.75, 3.05) is 0 Å². The van der Waals surface area contributed by atoms with Crippen LogP contribution in [0.1, 0.15) is 43.4 Å². The van der Waals surface area contributed by atoms with E-state index in [1.165, 1.54) is 15.9 Å². The van der Waals surface area contributed by atoms with E-state index in [4.69, 9.17) is 22.4 Å². The normalized spacial score (nSPS) is 11.1. The maximum Gasteiger partial charge on any atom is 0.303 e. The highest BCUT2D eigenvalue weighted by atomic mass is 32.1. The van der Waals surface area contributed by atoms with E-state index >= 15 is 0 Å². The van der Waals surface area contributed by atoms with E-state index in [0.717, 1.165) is 12.8 Å². The van der Waals surface area contributed by atoms with Crippen molar-refractivity contribution in [1.29, 1.82) is 0 Å². The molecule has 0 bridgehead atoms. The SMILES string of the molecule is O=C(O)CCCCC=Cc1sc(=S)n(CCCC(=O)O)c1O. The molecule has 6 nitrogen and oxygen atoms in total. The van der Waals surface area contributed by atoms with E-state index in [-0.39, 0.29) is 18.7 Å². The van der Waals surface area contributed by atoms with Gasteiger partial charge in [-0.2, -0.15) is 0 Å². The number of aromatic nitrogens is 1. The third-order valence-electron chi connectivity index (χ3n) is 2.95. The molecule has 0 saturated carbocycles. The summed E-state index contributed by atoms with van der Waals surface area (Å²) in [5.74, 6) is -1.61. The van der Waals surface area contributed by atoms with Gasteiger partial charge in [-0.1, -0.05) is 6.08 Å². The van der Waals surface area contributed by atoms with E-state index in [2.05, 4.69) is 0 Å². The summed E-state index contributed by atoms with van der Waals surface area (Å²) in [5.41, 5.74) is 0. The summed E-state index contributed by atoms with van der Waals surface area (Å²) >= 11 is 6.43. The number of carboxylic acids is 2. The Hall–Kier alpha value is -1.67. The van der Waals surface area contributed by atoms with Crippen LogP contribution in [0.3, 0.4) is 0 Å². The molecule has 1 aromatic heterocycles. The minimum Gasteiger partial charge on any atom is -0.493 e. The van der Waals surface area contributed by atoms with Crippen molar-refractivity contribution in [1.82, 2.24) is 4.57 Å². The number of allylic oxidation sites excluding steroid dienone is 1. The fourth-order valence-corrected chi connectivity index (χ4v) is 3.13. The highest BCUT2D eigenvalue weighted by Crippen LogP contribution is 2.28. The maximum absolute atomic E-state index is 10.5. The molecule has 0 amide bonds. The monoisotopic (exact) mass is 345 g/mol. The summed E-state index contributed by atoms with van der Waals surface area (Å²) in [6, 6.07) is 0. The molecule has 0 fully saturated rings. The molecule has 0 aliphatic carbocycles. The third kappa shape index (κ3) is 6.40. The van der Waals surface area contributed by atoms with Crippen molar-refractivity contribution in [2.24, 2.45) is 0 Å². The molecule has 0 atom stereocenters. The predicted molar refractivity (Wildman–Crippen MR) is 86.8 cm³/mol. The Morgan fingerprint density at radius 1 is 1.14 bits per heavy atom. The summed E-state index contributed by atoms with van der Waals surface area (Å²) in [5, 5.41) is 27.2. The molecular weight excluding hydrogens is 326 g/mol. The predicted octanol–water partition coefficient (Wildman–Crippen LogP) is 3.51. The highest BCUT2D eigenvalue weighted by molar-refractivity contribution is 7.73. The van der Waals surface area contributed by atoms with Gasteiger partial charge in [-0.15, -0.1) is 11.3 Å². The number of carboxylic acid groups (broad SMARTS) is 2. The molecule has 0 radical (unpaired) electrons. The van der Waals surface area contributed by atoms with E-state index in [0.29, 0.717) is 28.2 Å². The van der Waals surface area contributed by atoms with Crippen molar-refractivity contribution in [3.8, 4) is 5.88 Å². The van der Waals surface area contributed by atoms with Crippen LogP contribution in [0.25, 0.3) is 6.08 Å². The zero-order chi connectivity index (χ0) is 16.5. The van der Waals surface area contributed by atoms with Crippen LogP contribution in [0.5, 0.6) is 5.88 Å². The molecule has 1 heterocycles. The van der Waals surface area contributed by atoms with E-state index in [9.17, 15) is 14.7 Å². The van der Waals surface area contributed by atoms with Gasteiger partial charge in [0.2, 0.25) is 5.88 Å². The Balaban J connectivity index is 2.52. The zero-order valence-electron chi connectivity index (χ0n) is 12.0. The number of nitrogens with zero attached hydrogens (tertiary/aromatic N) is 1. The van der Waals surface area contributed by atoms with Gasteiger partial charge >= 0.3 is 11.9 Å². The first-order chi connectivity index (χ1) is 10.4. The van der Waals surface area contributed by atoms with E-state index in [1.54, 1.807) is 6.08 Å². The standard InChI is InChI=1S/C14H19NO5S2/c16-11(17)7-4-2-1-3-6-10-13(20)15(14(21)22-10)9-5-8-12(18)19/h3,6,20H,1-2,4-5,7-9H2,(H,16,17)(H,18,19). The summed E-state index contributed by atoms with van der Waals surface area (Å²) in [6.45, 7) is 0.375. The van der Waals surface area contributed by atoms with Crippen molar-refractivity contribution in [3.63, 3.8) is 0 Å². The molecule has 122 valence electrons. The summed E-state index contributed by atoms with van der Waals surface area (Å²) in [7, 11) is 0. The first-order valence-electron chi connectivity index (χ1n) is 6.94. The van der Waals surface area contributed by atoms with Crippen LogP contribution in [-0.2, 0) is 16.1 Å². The first kappa shape index (κ1) is 18.4. The number of rotatable bonds is 10. The second kappa shape index (κ2) is 9.37. The van der Waals surface area contributed by atoms with Crippen LogP contribution in [-0.4, -0.2) is 31.8 Å². The number of thiazole rings is 1. The number of aromatic hydroxyl groups is 1. The van der Waals surface area contributed by atoms with Crippen molar-refractivity contribution < 1.29 is 24.9 Å². The fraction of sp³-hybridized carbons (Fsp3) is 0.500. The van der Waals surface area contributed by atoms with Gasteiger partial charge in [0.25, 0.3) is 0 Å². The molecule has 3 N–H and O–H groups in total. The van der Waals surface area contributed by atoms with E-state index in [1.807, 2.05) is 6.08 Å². The summed E-state index contributed by atoms with van der Waals surface area (Å²) in [6.07, 6.45) is 6.38. The van der Waals surface area contributed by atoms with Crippen LogP contribution in [0.2, 0.25) is 0 Å². The van der Waals surface area contributed by atoms with Crippen LogP contribution in [0.4, 0.5) is 0 Å². The van der Waals surface area contributed by atoms with E-state index < -0.39 is 11.9 Å². The second-order valence-electron chi connectivity index (χ2n) is 4.75. The maximum atomic E-state index is 10.5. The fourth-order valence-electron chi connectivity index (χ4n) is 1.84. The lowest BCUT2D eigenvalue weighted by atomic mass is 10.2. The average Bonchev–Trinajstić information content (AvgIpc) is 2.69. The smallest absolute Gasteiger partial charge is 0.303 e. The minimum absolute atomic E-state index is 0.0335. The van der Waals surface area contributed by atoms with Gasteiger partial charge in [-0.3, -0.25) is 14.2 Å². The number of hydrogen-bond donors (Lipinski definition) is 3. The second-order valence-corrected chi connectivity index (χ2v) is 6.42. The molecule has 0 aliphatic rings. The van der Waals surface area contributed by atoms with Crippen LogP contribution in [0.15, 0.2) is 6.08 Å². The van der Waals surface area contributed by atoms with Gasteiger partial charge < -0.3 is 15.3 Å². The molecule has 0 unspecified atom stereocenters. The third-order valence-corrected chi connectivity index (χ3v) is 4.35. The zero-order valence-corrected chi connectivity index (χ0v) is 13.7. The number of carbonyl (C=O) groups is 2. The van der Waals surface area contributed by atoms with Gasteiger partial charge in [0, 0.05) is 19.4 Å². The summed E-state index contributed by atoms with van der Waals surface area (Å²) < 4.78 is 2.04. The lowest BCUT2D eigenvalue weighted by Crippen LogP contribution is -2.01. The topological polar surface area (TPSA) is 99.8 Å². The highest BCUT2D eigenvalue weighted by Gasteiger charge is 2.09. The molecule has 8 heteroatoms. The molecule has 0 saturated heterocycles. The number of unbranched alkanes of at least 4 members (excludes halogenated alkanes) is 2. The lowest BCUT2D eigenvalue weighted by Gasteiger charge is -2.02. The molecule has 22 heavy (non-hydrogen) atoms. The average molecular weight is 345 g/mol. The number of hydrogen-bond acceptors (Lipinski definition) is 5. The summed E-state index contributed by atoms with van der Waals surface area (Å²) in [4.78, 5) is 21.5. The quantitative estimate of drug-likeness (QED) is 0.443. The lowest BCUT2D eigenvalue weighted by molar-refractivity contribution is -0.138. The molecule has 1 rings (SSSR count). The molecule has 1 aromatic rings. The Morgan fingerprint density at radius 3 is 2.41 bits per heavy atom. The molecule has 0 spiro atoms. The minimum atomic E-state index is -0.872. The number of aliphatic carboxylic acids is 2. The Morgan fingerprint density at radius 2 is 1.77 bits per heavy atom.